The average Bonchev–Trinajstić information content (AvgIpc) is 3.16. The number of carbonyl (C=O) groups is 2. The van der Waals surface area contributed by atoms with E-state index in [9.17, 15) is 14.7 Å². The number of aliphatic carboxylic acids is 1. The van der Waals surface area contributed by atoms with Gasteiger partial charge in [-0.1, -0.05) is 17.7 Å². The van der Waals surface area contributed by atoms with Crippen LogP contribution in [0.5, 0.6) is 0 Å². The van der Waals surface area contributed by atoms with E-state index in [1.807, 2.05) is 0 Å². The highest BCUT2D eigenvalue weighted by Gasteiger charge is 2.48. The summed E-state index contributed by atoms with van der Waals surface area (Å²) in [5, 5.41) is 9.79. The van der Waals surface area contributed by atoms with Gasteiger partial charge in [0.25, 0.3) is 5.91 Å². The van der Waals surface area contributed by atoms with Gasteiger partial charge >= 0.3 is 5.97 Å². The molecule has 4 nitrogen and oxygen atoms in total. The van der Waals surface area contributed by atoms with Gasteiger partial charge in [0.05, 0.1) is 5.37 Å². The summed E-state index contributed by atoms with van der Waals surface area (Å²) in [7, 11) is 0. The number of nitrogens with zero attached hydrogens (tertiary/aromatic N) is 1. The van der Waals surface area contributed by atoms with Gasteiger partial charge in [0.15, 0.2) is 0 Å². The topological polar surface area (TPSA) is 57.6 Å². The smallest absolute Gasteiger partial charge is 0.327 e. The summed E-state index contributed by atoms with van der Waals surface area (Å²) in [6, 6.07) is 5.94. The summed E-state index contributed by atoms with van der Waals surface area (Å²) in [5.41, 5.74) is 0.455. The van der Waals surface area contributed by atoms with Crippen molar-refractivity contribution in [2.75, 3.05) is 5.75 Å². The lowest BCUT2D eigenvalue weighted by Crippen LogP contribution is -2.46. The largest absolute Gasteiger partial charge is 0.480 e. The molecule has 3 rings (SSSR count). The van der Waals surface area contributed by atoms with Crippen LogP contribution in [0.15, 0.2) is 24.3 Å². The van der Waals surface area contributed by atoms with Crippen molar-refractivity contribution in [2.24, 2.45) is 5.92 Å². The Labute approximate surface area is 126 Å². The molecular formula is C14H14ClNO3S. The van der Waals surface area contributed by atoms with E-state index in [1.165, 1.54) is 4.90 Å². The molecule has 2 atom stereocenters. The van der Waals surface area contributed by atoms with Crippen molar-refractivity contribution in [2.45, 2.75) is 24.3 Å². The van der Waals surface area contributed by atoms with Crippen molar-refractivity contribution >= 4 is 35.2 Å². The zero-order valence-electron chi connectivity index (χ0n) is 10.7. The molecule has 2 unspecified atom stereocenters. The van der Waals surface area contributed by atoms with Crippen LogP contribution in [0.2, 0.25) is 5.02 Å². The fourth-order valence-electron chi connectivity index (χ4n) is 2.49. The molecule has 0 bridgehead atoms. The number of amides is 1. The van der Waals surface area contributed by atoms with E-state index in [0.717, 1.165) is 12.8 Å². The maximum absolute atomic E-state index is 12.6. The summed E-state index contributed by atoms with van der Waals surface area (Å²) in [4.78, 5) is 25.6. The molecule has 1 aliphatic carbocycles. The summed E-state index contributed by atoms with van der Waals surface area (Å²) in [6.07, 6.45) is 2.15. The van der Waals surface area contributed by atoms with Crippen LogP contribution in [0.4, 0.5) is 0 Å². The van der Waals surface area contributed by atoms with Gasteiger partial charge in [-0.3, -0.25) is 4.79 Å². The lowest BCUT2D eigenvalue weighted by atomic mass is 10.1. The number of hydrogen-bond donors (Lipinski definition) is 1. The van der Waals surface area contributed by atoms with Gasteiger partial charge in [-0.2, -0.15) is 0 Å². The first-order valence-corrected chi connectivity index (χ1v) is 7.93. The maximum Gasteiger partial charge on any atom is 0.327 e. The number of rotatable bonds is 3. The third-order valence-electron chi connectivity index (χ3n) is 3.65. The Balaban J connectivity index is 1.90. The summed E-state index contributed by atoms with van der Waals surface area (Å²) < 4.78 is 0. The van der Waals surface area contributed by atoms with Gasteiger partial charge in [0.2, 0.25) is 0 Å². The predicted molar refractivity (Wildman–Crippen MR) is 78.0 cm³/mol. The molecule has 0 radical (unpaired) electrons. The third-order valence-corrected chi connectivity index (χ3v) is 5.35. The van der Waals surface area contributed by atoms with Crippen LogP contribution in [0.3, 0.4) is 0 Å². The molecule has 0 spiro atoms. The molecule has 1 heterocycles. The molecule has 1 aromatic carbocycles. The SMILES string of the molecule is O=C(O)C1CSC(C2CC2)N1C(=O)c1cccc(Cl)c1. The molecule has 1 N–H and O–H groups in total. The first-order valence-electron chi connectivity index (χ1n) is 6.50. The number of halogens is 1. The standard InChI is InChI=1S/C14H14ClNO3S/c15-10-3-1-2-9(6-10)12(17)16-11(14(18)19)7-20-13(16)8-4-5-8/h1-3,6,8,11,13H,4-5,7H2,(H,18,19). The molecular weight excluding hydrogens is 298 g/mol. The van der Waals surface area contributed by atoms with Crippen LogP contribution in [-0.2, 0) is 4.79 Å². The normalized spacial score (nSPS) is 25.8. The molecule has 1 saturated carbocycles. The van der Waals surface area contributed by atoms with Crippen molar-refractivity contribution in [3.05, 3.63) is 34.9 Å². The molecule has 1 aromatic rings. The van der Waals surface area contributed by atoms with Crippen molar-refractivity contribution in [1.82, 2.24) is 4.90 Å². The van der Waals surface area contributed by atoms with Crippen LogP contribution in [0.1, 0.15) is 23.2 Å². The number of carboxylic acid groups (broad SMARTS) is 1. The molecule has 106 valence electrons. The van der Waals surface area contributed by atoms with Gasteiger partial charge in [-0.05, 0) is 37.0 Å². The van der Waals surface area contributed by atoms with Crippen LogP contribution in [-0.4, -0.2) is 39.1 Å². The highest BCUT2D eigenvalue weighted by Crippen LogP contribution is 2.45. The van der Waals surface area contributed by atoms with E-state index in [-0.39, 0.29) is 11.3 Å². The highest BCUT2D eigenvalue weighted by molar-refractivity contribution is 8.00. The average molecular weight is 312 g/mol. The van der Waals surface area contributed by atoms with E-state index >= 15 is 0 Å². The number of thioether (sulfide) groups is 1. The molecule has 2 fully saturated rings. The molecule has 6 heteroatoms. The second-order valence-corrected chi connectivity index (χ2v) is 6.72. The van der Waals surface area contributed by atoms with Crippen LogP contribution >= 0.6 is 23.4 Å². The first-order chi connectivity index (χ1) is 9.58. The van der Waals surface area contributed by atoms with Crippen molar-refractivity contribution in [3.63, 3.8) is 0 Å². The minimum absolute atomic E-state index is 0.0115. The monoisotopic (exact) mass is 311 g/mol. The minimum atomic E-state index is -0.934. The maximum atomic E-state index is 12.6. The van der Waals surface area contributed by atoms with E-state index in [0.29, 0.717) is 22.3 Å². The minimum Gasteiger partial charge on any atom is -0.480 e. The third kappa shape index (κ3) is 2.52. The van der Waals surface area contributed by atoms with E-state index in [2.05, 4.69) is 0 Å². The Morgan fingerprint density at radius 1 is 1.35 bits per heavy atom. The van der Waals surface area contributed by atoms with E-state index in [4.69, 9.17) is 11.6 Å². The van der Waals surface area contributed by atoms with Crippen LogP contribution < -0.4 is 0 Å². The van der Waals surface area contributed by atoms with E-state index < -0.39 is 12.0 Å². The Hall–Kier alpha value is -1.20. The Morgan fingerprint density at radius 2 is 2.10 bits per heavy atom. The van der Waals surface area contributed by atoms with Gasteiger partial charge in [0, 0.05) is 16.3 Å². The van der Waals surface area contributed by atoms with Gasteiger partial charge in [-0.15, -0.1) is 11.8 Å². The second kappa shape index (κ2) is 5.30. The molecule has 2 aliphatic rings. The van der Waals surface area contributed by atoms with Crippen LogP contribution in [0.25, 0.3) is 0 Å². The van der Waals surface area contributed by atoms with Crippen molar-refractivity contribution in [1.29, 1.82) is 0 Å². The quantitative estimate of drug-likeness (QED) is 0.932. The van der Waals surface area contributed by atoms with Crippen molar-refractivity contribution in [3.8, 4) is 0 Å². The molecule has 1 aliphatic heterocycles. The number of benzene rings is 1. The molecule has 1 amide bonds. The first kappa shape index (κ1) is 13.8. The number of hydrogen-bond acceptors (Lipinski definition) is 3. The molecule has 20 heavy (non-hydrogen) atoms. The van der Waals surface area contributed by atoms with E-state index in [1.54, 1.807) is 36.0 Å². The lowest BCUT2D eigenvalue weighted by Gasteiger charge is -2.27. The molecule has 0 aromatic heterocycles. The van der Waals surface area contributed by atoms with Crippen LogP contribution in [0, 0.1) is 5.92 Å². The predicted octanol–water partition coefficient (Wildman–Crippen LogP) is 2.72. The summed E-state index contributed by atoms with van der Waals surface area (Å²) in [5.74, 6) is -0.270. The molecule has 1 saturated heterocycles. The van der Waals surface area contributed by atoms with Gasteiger partial charge < -0.3 is 10.0 Å². The van der Waals surface area contributed by atoms with Gasteiger partial charge in [-0.25, -0.2) is 4.79 Å². The number of carboxylic acids is 1. The Kier molecular flexibility index (Phi) is 3.65. The fraction of sp³-hybridized carbons (Fsp3) is 0.429. The fourth-order valence-corrected chi connectivity index (χ4v) is 4.31. The second-order valence-electron chi connectivity index (χ2n) is 5.14. The summed E-state index contributed by atoms with van der Waals surface area (Å²) >= 11 is 7.49. The Bertz CT molecular complexity index is 561. The summed E-state index contributed by atoms with van der Waals surface area (Å²) in [6.45, 7) is 0. The zero-order valence-corrected chi connectivity index (χ0v) is 12.2. The lowest BCUT2D eigenvalue weighted by molar-refractivity contribution is -0.141. The zero-order chi connectivity index (χ0) is 14.3. The highest BCUT2D eigenvalue weighted by atomic mass is 35.5. The Morgan fingerprint density at radius 3 is 2.70 bits per heavy atom. The number of carbonyl (C=O) groups excluding carboxylic acids is 1. The van der Waals surface area contributed by atoms with Crippen molar-refractivity contribution < 1.29 is 14.7 Å². The van der Waals surface area contributed by atoms with Gasteiger partial charge in [0.1, 0.15) is 6.04 Å².